The molecule has 28 heavy (non-hydrogen) atoms. The third-order valence-electron chi connectivity index (χ3n) is 3.94. The molecule has 0 aliphatic heterocycles. The minimum absolute atomic E-state index is 0.177. The Morgan fingerprint density at radius 1 is 1.46 bits per heavy atom. The van der Waals surface area contributed by atoms with Crippen LogP contribution in [0.15, 0.2) is 28.4 Å². The molecule has 8 nitrogen and oxygen atoms in total. The molecule has 0 aliphatic rings. The number of aryl methyl sites for hydroxylation is 2. The van der Waals surface area contributed by atoms with E-state index in [9.17, 15) is 23.1 Å². The second kappa shape index (κ2) is 9.31. The van der Waals surface area contributed by atoms with Crippen molar-refractivity contribution >= 4 is 23.6 Å². The number of alkyl halides is 3. The quantitative estimate of drug-likeness (QED) is 0.285. The molecule has 1 unspecified atom stereocenters. The Labute approximate surface area is 160 Å². The van der Waals surface area contributed by atoms with Crippen LogP contribution in [0.1, 0.15) is 23.9 Å². The van der Waals surface area contributed by atoms with Crippen molar-refractivity contribution in [1.29, 1.82) is 5.41 Å². The summed E-state index contributed by atoms with van der Waals surface area (Å²) < 4.78 is 43.2. The topological polar surface area (TPSA) is 106 Å². The number of rotatable bonds is 9. The number of hydrogen-bond donors (Lipinski definition) is 2. The van der Waals surface area contributed by atoms with Gasteiger partial charge in [0.05, 0.1) is 23.4 Å². The van der Waals surface area contributed by atoms with Crippen LogP contribution in [0, 0.1) is 19.3 Å². The molecule has 1 aromatic heterocycles. The number of allylic oxidation sites excluding steroid dienone is 1. The first-order valence-corrected chi connectivity index (χ1v) is 8.08. The first-order chi connectivity index (χ1) is 12.9. The number of likely N-dealkylation sites (N-methyl/N-ethyl adjacent to an activating group) is 1. The predicted octanol–water partition coefficient (Wildman–Crippen LogP) is 3.05. The van der Waals surface area contributed by atoms with Crippen molar-refractivity contribution < 1.29 is 27.6 Å². The maximum Gasteiger partial charge on any atom is 0.432 e. The van der Waals surface area contributed by atoms with E-state index >= 15 is 0 Å². The van der Waals surface area contributed by atoms with E-state index in [1.54, 1.807) is 20.8 Å². The van der Waals surface area contributed by atoms with Gasteiger partial charge in [0, 0.05) is 19.3 Å². The molecule has 0 aliphatic carbocycles. The summed E-state index contributed by atoms with van der Waals surface area (Å²) >= 11 is 0. The lowest BCUT2D eigenvalue weighted by atomic mass is 10.1. The Kier molecular flexibility index (Phi) is 7.68. The highest BCUT2D eigenvalue weighted by Gasteiger charge is 2.33. The number of hydrogen-bond acceptors (Lipinski definition) is 6. The number of nitrogens with zero attached hydrogens (tertiary/aromatic N) is 4. The Hall–Kier alpha value is -2.95. The van der Waals surface area contributed by atoms with Crippen LogP contribution in [-0.2, 0) is 4.79 Å². The number of carboxylic acids is 1. The third kappa shape index (κ3) is 5.52. The summed E-state index contributed by atoms with van der Waals surface area (Å²) in [5, 5.41) is 23.3. The van der Waals surface area contributed by atoms with Gasteiger partial charge in [0.1, 0.15) is 17.8 Å². The van der Waals surface area contributed by atoms with Gasteiger partial charge < -0.3 is 9.63 Å². The fourth-order valence-electron chi connectivity index (χ4n) is 2.29. The van der Waals surface area contributed by atoms with E-state index in [0.29, 0.717) is 11.8 Å². The standard InChI is InChI=1S/C17H22F3N5O3/c1-6-14(17(18,19)20)22-7-10(2)24(5)25(9-21)8-13(16(26)27)15-11(3)23-28-12(15)4/h6,8-10,21H,1,7H2,2-5H3,(H,26,27)/b13-8+,21-9?,22-14?. The Morgan fingerprint density at radius 2 is 2.07 bits per heavy atom. The number of carboxylic acid groups (broad SMARTS) is 1. The number of aliphatic carboxylic acids is 1. The Morgan fingerprint density at radius 3 is 2.46 bits per heavy atom. The van der Waals surface area contributed by atoms with E-state index < -0.39 is 23.9 Å². The lowest BCUT2D eigenvalue weighted by Gasteiger charge is -2.31. The zero-order valence-corrected chi connectivity index (χ0v) is 15.9. The maximum atomic E-state index is 12.7. The molecule has 0 bridgehead atoms. The molecule has 154 valence electrons. The molecule has 0 saturated carbocycles. The number of hydrazine groups is 1. The molecular weight excluding hydrogens is 379 g/mol. The van der Waals surface area contributed by atoms with Gasteiger partial charge in [-0.15, -0.1) is 0 Å². The van der Waals surface area contributed by atoms with Crippen molar-refractivity contribution in [2.24, 2.45) is 4.99 Å². The fraction of sp³-hybridized carbons (Fsp3) is 0.412. The Balaban J connectivity index is 3.15. The molecule has 0 saturated heterocycles. The molecule has 1 aromatic rings. The van der Waals surface area contributed by atoms with Gasteiger partial charge in [0.2, 0.25) is 0 Å². The van der Waals surface area contributed by atoms with Crippen molar-refractivity contribution in [1.82, 2.24) is 15.2 Å². The first-order valence-electron chi connectivity index (χ1n) is 8.08. The van der Waals surface area contributed by atoms with Crippen molar-refractivity contribution in [3.63, 3.8) is 0 Å². The molecular formula is C17H22F3N5O3. The second-order valence-electron chi connectivity index (χ2n) is 5.91. The van der Waals surface area contributed by atoms with Crippen LogP contribution >= 0.6 is 0 Å². The molecule has 1 rings (SSSR count). The van der Waals surface area contributed by atoms with Gasteiger partial charge in [-0.05, 0) is 26.8 Å². The summed E-state index contributed by atoms with van der Waals surface area (Å²) in [6.45, 7) is 7.57. The highest BCUT2D eigenvalue weighted by Crippen LogP contribution is 2.24. The first kappa shape index (κ1) is 23.1. The van der Waals surface area contributed by atoms with Gasteiger partial charge >= 0.3 is 12.1 Å². The molecule has 0 spiro atoms. The van der Waals surface area contributed by atoms with E-state index in [2.05, 4.69) is 16.7 Å². The predicted molar refractivity (Wildman–Crippen MR) is 98.0 cm³/mol. The number of aliphatic imine (C=N–C) groups is 1. The van der Waals surface area contributed by atoms with Crippen LogP contribution in [0.2, 0.25) is 0 Å². The van der Waals surface area contributed by atoms with Gasteiger partial charge in [-0.2, -0.15) is 13.2 Å². The molecule has 0 amide bonds. The third-order valence-corrected chi connectivity index (χ3v) is 3.94. The summed E-state index contributed by atoms with van der Waals surface area (Å²) in [6, 6.07) is -0.588. The minimum Gasteiger partial charge on any atom is -0.478 e. The van der Waals surface area contributed by atoms with Crippen molar-refractivity contribution in [2.45, 2.75) is 33.0 Å². The SMILES string of the molecule is C=CC(=NCC(C)N(C)N(C=N)/C=C(/C(=O)O)c1c(C)noc1C)C(F)(F)F. The van der Waals surface area contributed by atoms with Crippen LogP contribution in [0.4, 0.5) is 13.2 Å². The highest BCUT2D eigenvalue weighted by molar-refractivity contribution is 6.16. The Bertz CT molecular complexity index is 779. The molecule has 0 radical (unpaired) electrons. The molecule has 11 heteroatoms. The molecule has 1 atom stereocenters. The van der Waals surface area contributed by atoms with Crippen LogP contribution < -0.4 is 0 Å². The summed E-state index contributed by atoms with van der Waals surface area (Å²) in [5.74, 6) is -0.983. The summed E-state index contributed by atoms with van der Waals surface area (Å²) in [5.41, 5.74) is -0.655. The summed E-state index contributed by atoms with van der Waals surface area (Å²) in [6.07, 6.45) is -1.98. The monoisotopic (exact) mass is 401 g/mol. The van der Waals surface area contributed by atoms with Crippen LogP contribution in [0.5, 0.6) is 0 Å². The lowest BCUT2D eigenvalue weighted by Crippen LogP contribution is -2.43. The van der Waals surface area contributed by atoms with E-state index in [4.69, 9.17) is 9.93 Å². The number of carbonyl (C=O) groups is 1. The summed E-state index contributed by atoms with van der Waals surface area (Å²) in [4.78, 5) is 15.2. The smallest absolute Gasteiger partial charge is 0.432 e. The number of aromatic nitrogens is 1. The van der Waals surface area contributed by atoms with Gasteiger partial charge in [0.25, 0.3) is 0 Å². The van der Waals surface area contributed by atoms with Gasteiger partial charge in [-0.1, -0.05) is 11.7 Å². The molecule has 0 aromatic carbocycles. The minimum atomic E-state index is -4.61. The van der Waals surface area contributed by atoms with E-state index in [0.717, 1.165) is 11.3 Å². The van der Waals surface area contributed by atoms with Gasteiger partial charge in [0.15, 0.2) is 0 Å². The van der Waals surface area contributed by atoms with E-state index in [1.165, 1.54) is 18.3 Å². The molecule has 2 N–H and O–H groups in total. The number of halogens is 3. The number of nitrogens with one attached hydrogen (secondary N) is 1. The maximum absolute atomic E-state index is 12.7. The van der Waals surface area contributed by atoms with Crippen LogP contribution in [0.3, 0.4) is 0 Å². The van der Waals surface area contributed by atoms with E-state index in [1.807, 2.05) is 0 Å². The average molecular weight is 401 g/mol. The van der Waals surface area contributed by atoms with Crippen molar-refractivity contribution in [3.8, 4) is 0 Å². The lowest BCUT2D eigenvalue weighted by molar-refractivity contribution is -0.130. The second-order valence-corrected chi connectivity index (χ2v) is 5.91. The summed E-state index contributed by atoms with van der Waals surface area (Å²) in [7, 11) is 1.50. The van der Waals surface area contributed by atoms with E-state index in [-0.39, 0.29) is 23.4 Å². The normalized spacial score (nSPS) is 14.1. The van der Waals surface area contributed by atoms with Crippen molar-refractivity contribution in [3.05, 3.63) is 35.9 Å². The average Bonchev–Trinajstić information content (AvgIpc) is 2.93. The zero-order chi connectivity index (χ0) is 21.6. The van der Waals surface area contributed by atoms with Gasteiger partial charge in [-0.3, -0.25) is 15.4 Å². The van der Waals surface area contributed by atoms with Crippen LogP contribution in [0.25, 0.3) is 5.57 Å². The molecule has 0 fully saturated rings. The zero-order valence-electron chi connectivity index (χ0n) is 15.9. The van der Waals surface area contributed by atoms with Gasteiger partial charge in [-0.25, -0.2) is 9.80 Å². The fourth-order valence-corrected chi connectivity index (χ4v) is 2.29. The van der Waals surface area contributed by atoms with Crippen LogP contribution in [-0.4, -0.2) is 64.1 Å². The molecule has 1 heterocycles. The largest absolute Gasteiger partial charge is 0.478 e. The highest BCUT2D eigenvalue weighted by atomic mass is 19.4. The van der Waals surface area contributed by atoms with Crippen molar-refractivity contribution in [2.75, 3.05) is 13.6 Å².